The molecule has 0 heterocycles. The van der Waals surface area contributed by atoms with Crippen molar-refractivity contribution in [3.63, 3.8) is 0 Å². The molecule has 2 atom stereocenters. The van der Waals surface area contributed by atoms with Crippen molar-refractivity contribution in [2.24, 2.45) is 0 Å². The number of hydrogen-bond donors (Lipinski definition) is 1. The Kier molecular flexibility index (Phi) is 6.85. The lowest BCUT2D eigenvalue weighted by molar-refractivity contribution is -0.153. The van der Waals surface area contributed by atoms with Crippen LogP contribution in [0.4, 0.5) is 5.69 Å². The van der Waals surface area contributed by atoms with Gasteiger partial charge >= 0.3 is 5.97 Å². The second-order valence-corrected chi connectivity index (χ2v) is 6.67. The van der Waals surface area contributed by atoms with Gasteiger partial charge in [-0.1, -0.05) is 60.5 Å². The van der Waals surface area contributed by atoms with Crippen LogP contribution in [0.2, 0.25) is 10.0 Å². The highest BCUT2D eigenvalue weighted by Crippen LogP contribution is 2.23. The molecule has 2 aromatic carbocycles. The second kappa shape index (κ2) is 8.88. The molecular formula is C19H19Cl2NO3. The van der Waals surface area contributed by atoms with Crippen LogP contribution in [0.1, 0.15) is 31.7 Å². The highest BCUT2D eigenvalue weighted by Gasteiger charge is 2.20. The average Bonchev–Trinajstić information content (AvgIpc) is 2.54. The maximum absolute atomic E-state index is 12.2. The van der Waals surface area contributed by atoms with Gasteiger partial charge in [0.1, 0.15) is 0 Å². The van der Waals surface area contributed by atoms with Crippen LogP contribution in [0.25, 0.3) is 0 Å². The van der Waals surface area contributed by atoms with E-state index < -0.39 is 18.0 Å². The van der Waals surface area contributed by atoms with Gasteiger partial charge in [0, 0.05) is 15.7 Å². The van der Waals surface area contributed by atoms with Gasteiger partial charge in [-0.25, -0.2) is 0 Å². The van der Waals surface area contributed by atoms with Gasteiger partial charge in [0.2, 0.25) is 0 Å². The topological polar surface area (TPSA) is 55.4 Å². The fraction of sp³-hybridized carbons (Fsp3) is 0.263. The van der Waals surface area contributed by atoms with Crippen LogP contribution in [-0.2, 0) is 14.3 Å². The molecule has 132 valence electrons. The Morgan fingerprint density at radius 3 is 2.24 bits per heavy atom. The third-order valence-electron chi connectivity index (χ3n) is 3.65. The number of halogens is 2. The maximum Gasteiger partial charge on any atom is 0.307 e. The minimum atomic E-state index is -0.923. The van der Waals surface area contributed by atoms with Crippen LogP contribution in [0.3, 0.4) is 0 Å². The predicted octanol–water partition coefficient (Wildman–Crippen LogP) is 5.06. The summed E-state index contributed by atoms with van der Waals surface area (Å²) in [4.78, 5) is 24.2. The number of esters is 1. The normalized spacial score (nSPS) is 13.0. The van der Waals surface area contributed by atoms with Crippen molar-refractivity contribution in [1.29, 1.82) is 0 Å². The van der Waals surface area contributed by atoms with Crippen molar-refractivity contribution < 1.29 is 14.3 Å². The Hall–Kier alpha value is -2.04. The lowest BCUT2D eigenvalue weighted by atomic mass is 9.98. The van der Waals surface area contributed by atoms with Gasteiger partial charge in [-0.2, -0.15) is 0 Å². The van der Waals surface area contributed by atoms with Crippen molar-refractivity contribution in [3.8, 4) is 0 Å². The molecule has 0 fully saturated rings. The summed E-state index contributed by atoms with van der Waals surface area (Å²) < 4.78 is 5.22. The molecule has 0 aromatic heterocycles. The molecule has 2 rings (SSSR count). The Bertz CT molecular complexity index is 729. The molecular weight excluding hydrogens is 361 g/mol. The number of nitrogens with one attached hydrogen (secondary N) is 1. The summed E-state index contributed by atoms with van der Waals surface area (Å²) in [5, 5.41) is 3.44. The molecule has 4 nitrogen and oxygen atoms in total. The lowest BCUT2D eigenvalue weighted by Crippen LogP contribution is -2.30. The van der Waals surface area contributed by atoms with Gasteiger partial charge in [0.15, 0.2) is 6.10 Å². The van der Waals surface area contributed by atoms with E-state index in [2.05, 4.69) is 5.32 Å². The van der Waals surface area contributed by atoms with E-state index >= 15 is 0 Å². The van der Waals surface area contributed by atoms with E-state index in [1.807, 2.05) is 37.3 Å². The zero-order chi connectivity index (χ0) is 18.4. The van der Waals surface area contributed by atoms with E-state index in [1.54, 1.807) is 18.2 Å². The molecule has 0 aliphatic heterocycles. The summed E-state index contributed by atoms with van der Waals surface area (Å²) in [6.45, 7) is 3.46. The first kappa shape index (κ1) is 19.3. The number of ether oxygens (including phenoxy) is 1. The molecule has 0 aliphatic carbocycles. The zero-order valence-corrected chi connectivity index (χ0v) is 15.5. The molecule has 6 heteroatoms. The van der Waals surface area contributed by atoms with Crippen molar-refractivity contribution >= 4 is 40.8 Å². The quantitative estimate of drug-likeness (QED) is 0.713. The molecule has 0 aliphatic rings. The molecule has 0 saturated heterocycles. The molecule has 0 bridgehead atoms. The molecule has 25 heavy (non-hydrogen) atoms. The number of rotatable bonds is 6. The lowest BCUT2D eigenvalue weighted by Gasteiger charge is -2.16. The number of carbonyl (C=O) groups is 2. The smallest absolute Gasteiger partial charge is 0.307 e. The van der Waals surface area contributed by atoms with Crippen LogP contribution in [0, 0.1) is 0 Å². The highest BCUT2D eigenvalue weighted by molar-refractivity contribution is 6.35. The summed E-state index contributed by atoms with van der Waals surface area (Å²) in [6, 6.07) is 14.4. The summed E-state index contributed by atoms with van der Waals surface area (Å²) in [5.41, 5.74) is 1.49. The van der Waals surface area contributed by atoms with Crippen LogP contribution < -0.4 is 5.32 Å². The molecule has 0 unspecified atom stereocenters. The number of hydrogen-bond acceptors (Lipinski definition) is 3. The maximum atomic E-state index is 12.2. The van der Waals surface area contributed by atoms with Crippen LogP contribution >= 0.6 is 23.2 Å². The largest absolute Gasteiger partial charge is 0.453 e. The van der Waals surface area contributed by atoms with Crippen molar-refractivity contribution in [2.45, 2.75) is 32.3 Å². The number of amides is 1. The first-order valence-electron chi connectivity index (χ1n) is 7.86. The van der Waals surface area contributed by atoms with E-state index in [0.29, 0.717) is 15.7 Å². The molecule has 2 aromatic rings. The predicted molar refractivity (Wildman–Crippen MR) is 100 cm³/mol. The molecule has 0 spiro atoms. The third kappa shape index (κ3) is 6.07. The Labute approximate surface area is 157 Å². The van der Waals surface area contributed by atoms with Gasteiger partial charge in [0.25, 0.3) is 5.91 Å². The van der Waals surface area contributed by atoms with E-state index in [0.717, 1.165) is 5.56 Å². The van der Waals surface area contributed by atoms with Gasteiger partial charge < -0.3 is 10.1 Å². The molecule has 0 radical (unpaired) electrons. The summed E-state index contributed by atoms with van der Waals surface area (Å²) in [5.74, 6) is -0.863. The number of carbonyl (C=O) groups excluding carboxylic acids is 2. The Morgan fingerprint density at radius 2 is 1.64 bits per heavy atom. The van der Waals surface area contributed by atoms with Gasteiger partial charge in [-0.05, 0) is 36.6 Å². The number of benzene rings is 2. The van der Waals surface area contributed by atoms with Gasteiger partial charge in [-0.3, -0.25) is 9.59 Å². The summed E-state index contributed by atoms with van der Waals surface area (Å²) >= 11 is 11.8. The zero-order valence-electron chi connectivity index (χ0n) is 14.0. The highest BCUT2D eigenvalue weighted by atomic mass is 35.5. The SMILES string of the molecule is C[C@@H](OC(=O)C[C@H](C)c1ccccc1)C(=O)Nc1cc(Cl)cc(Cl)c1. The minimum Gasteiger partial charge on any atom is -0.453 e. The second-order valence-electron chi connectivity index (χ2n) is 5.80. The monoisotopic (exact) mass is 379 g/mol. The van der Waals surface area contributed by atoms with Gasteiger partial charge in [-0.15, -0.1) is 0 Å². The van der Waals surface area contributed by atoms with Gasteiger partial charge in [0.05, 0.1) is 6.42 Å². The first-order chi connectivity index (χ1) is 11.8. The average molecular weight is 380 g/mol. The van der Waals surface area contributed by atoms with Crippen molar-refractivity contribution in [2.75, 3.05) is 5.32 Å². The fourth-order valence-electron chi connectivity index (χ4n) is 2.32. The first-order valence-corrected chi connectivity index (χ1v) is 8.62. The van der Waals surface area contributed by atoms with E-state index in [9.17, 15) is 9.59 Å². The molecule has 0 saturated carbocycles. The minimum absolute atomic E-state index is 0.00991. The van der Waals surface area contributed by atoms with Crippen LogP contribution in [0.15, 0.2) is 48.5 Å². The van der Waals surface area contributed by atoms with E-state index in [1.165, 1.54) is 6.92 Å². The summed E-state index contributed by atoms with van der Waals surface area (Å²) in [6.07, 6.45) is -0.724. The van der Waals surface area contributed by atoms with E-state index in [-0.39, 0.29) is 12.3 Å². The Balaban J connectivity index is 1.88. The van der Waals surface area contributed by atoms with Crippen LogP contribution in [0.5, 0.6) is 0 Å². The van der Waals surface area contributed by atoms with Crippen molar-refractivity contribution in [1.82, 2.24) is 0 Å². The molecule has 1 amide bonds. The van der Waals surface area contributed by atoms with E-state index in [4.69, 9.17) is 27.9 Å². The standard InChI is InChI=1S/C19H19Cl2NO3/c1-12(14-6-4-3-5-7-14)8-18(23)25-13(2)19(24)22-17-10-15(20)9-16(21)11-17/h3-7,9-13H,8H2,1-2H3,(H,22,24)/t12-,13+/m0/s1. The third-order valence-corrected chi connectivity index (χ3v) is 4.09. The van der Waals surface area contributed by atoms with Crippen LogP contribution in [-0.4, -0.2) is 18.0 Å². The fourth-order valence-corrected chi connectivity index (χ4v) is 2.84. The molecule has 1 N–H and O–H groups in total. The van der Waals surface area contributed by atoms with Crippen molar-refractivity contribution in [3.05, 3.63) is 64.1 Å². The number of anilines is 1. The summed E-state index contributed by atoms with van der Waals surface area (Å²) in [7, 11) is 0. The Morgan fingerprint density at radius 1 is 1.04 bits per heavy atom.